The Hall–Kier alpha value is -2.93. The van der Waals surface area contributed by atoms with Crippen molar-refractivity contribution in [3.63, 3.8) is 0 Å². The molecule has 0 atom stereocenters. The normalized spacial score (nSPS) is 10.1. The van der Waals surface area contributed by atoms with Crippen molar-refractivity contribution in [1.29, 1.82) is 0 Å². The average Bonchev–Trinajstić information content (AvgIpc) is 2.69. The van der Waals surface area contributed by atoms with Gasteiger partial charge in [0.15, 0.2) is 0 Å². The Bertz CT molecular complexity index is 726. The van der Waals surface area contributed by atoms with Crippen molar-refractivity contribution in [2.45, 2.75) is 27.3 Å². The van der Waals surface area contributed by atoms with Crippen LogP contribution in [0.5, 0.6) is 0 Å². The van der Waals surface area contributed by atoms with Gasteiger partial charge in [-0.1, -0.05) is 39.0 Å². The van der Waals surface area contributed by atoms with Gasteiger partial charge in [0.05, 0.1) is 4.92 Å². The summed E-state index contributed by atoms with van der Waals surface area (Å²) >= 11 is 0. The number of carbonyl (C=O) groups excluding carboxylic acids is 1. The lowest BCUT2D eigenvalue weighted by molar-refractivity contribution is -0.384. The van der Waals surface area contributed by atoms with Crippen LogP contribution >= 0.6 is 0 Å². The molecule has 2 aromatic rings. The van der Waals surface area contributed by atoms with Crippen LogP contribution in [0.1, 0.15) is 36.7 Å². The van der Waals surface area contributed by atoms with Gasteiger partial charge in [0.1, 0.15) is 0 Å². The number of rotatable bonds is 7. The Morgan fingerprint density at radius 1 is 1.07 bits per heavy atom. The molecule has 0 unspecified atom stereocenters. The molecule has 0 aromatic heterocycles. The van der Waals surface area contributed by atoms with Crippen LogP contribution in [0.15, 0.2) is 48.5 Å². The van der Waals surface area contributed by atoms with Crippen molar-refractivity contribution >= 4 is 17.3 Å². The van der Waals surface area contributed by atoms with E-state index in [1.165, 1.54) is 37.8 Å². The number of non-ortho nitro benzene ring substituents is 1. The van der Waals surface area contributed by atoms with Gasteiger partial charge in [0.2, 0.25) is 0 Å². The van der Waals surface area contributed by atoms with Crippen molar-refractivity contribution in [1.82, 2.24) is 10.2 Å². The fourth-order valence-corrected chi connectivity index (χ4v) is 2.40. The number of carbonyl (C=O) groups is 1. The molecule has 7 nitrogen and oxygen atoms in total. The largest absolute Gasteiger partial charge is 0.398 e. The summed E-state index contributed by atoms with van der Waals surface area (Å²) in [6.45, 7) is 10.3. The molecule has 146 valence electrons. The summed E-state index contributed by atoms with van der Waals surface area (Å²) in [5.74, 6) is -0.253. The summed E-state index contributed by atoms with van der Waals surface area (Å²) in [6, 6.07) is 12.9. The van der Waals surface area contributed by atoms with Crippen LogP contribution in [0.3, 0.4) is 0 Å². The Morgan fingerprint density at radius 2 is 1.67 bits per heavy atom. The van der Waals surface area contributed by atoms with E-state index in [1.807, 2.05) is 6.07 Å². The number of benzene rings is 2. The Labute approximate surface area is 160 Å². The van der Waals surface area contributed by atoms with Crippen LogP contribution in [0.25, 0.3) is 0 Å². The molecule has 0 fully saturated rings. The molecule has 0 saturated carbocycles. The molecule has 0 bridgehead atoms. The highest BCUT2D eigenvalue weighted by molar-refractivity contribution is 5.94. The molecule has 1 amide bonds. The van der Waals surface area contributed by atoms with Crippen LogP contribution in [0.4, 0.5) is 11.4 Å². The minimum atomic E-state index is -0.498. The van der Waals surface area contributed by atoms with Crippen LogP contribution < -0.4 is 11.1 Å². The van der Waals surface area contributed by atoms with Gasteiger partial charge in [-0.3, -0.25) is 14.9 Å². The lowest BCUT2D eigenvalue weighted by Gasteiger charge is -2.13. The first kappa shape index (κ1) is 22.1. The minimum absolute atomic E-state index is 0.0526. The molecular formula is C20H28N4O3. The third kappa shape index (κ3) is 7.45. The van der Waals surface area contributed by atoms with Crippen LogP contribution in [0.2, 0.25) is 0 Å². The van der Waals surface area contributed by atoms with E-state index in [1.54, 1.807) is 24.3 Å². The summed E-state index contributed by atoms with van der Waals surface area (Å²) in [4.78, 5) is 24.4. The number of hydrogen-bond acceptors (Lipinski definition) is 5. The summed E-state index contributed by atoms with van der Waals surface area (Å²) in [6.07, 6.45) is 0. The van der Waals surface area contributed by atoms with Gasteiger partial charge in [-0.15, -0.1) is 0 Å². The van der Waals surface area contributed by atoms with Gasteiger partial charge < -0.3 is 16.0 Å². The lowest BCUT2D eigenvalue weighted by atomic mass is 10.1. The fraction of sp³-hybridized carbons (Fsp3) is 0.350. The topological polar surface area (TPSA) is 102 Å². The monoisotopic (exact) mass is 372 g/mol. The van der Waals surface area contributed by atoms with Crippen molar-refractivity contribution in [3.8, 4) is 0 Å². The maximum atomic E-state index is 11.9. The van der Waals surface area contributed by atoms with Gasteiger partial charge >= 0.3 is 0 Å². The average molecular weight is 372 g/mol. The van der Waals surface area contributed by atoms with Gasteiger partial charge in [0, 0.05) is 35.5 Å². The van der Waals surface area contributed by atoms with E-state index >= 15 is 0 Å². The van der Waals surface area contributed by atoms with E-state index in [4.69, 9.17) is 5.73 Å². The number of anilines is 1. The predicted octanol–water partition coefficient (Wildman–Crippen LogP) is 3.46. The molecule has 0 aliphatic rings. The molecule has 0 saturated heterocycles. The van der Waals surface area contributed by atoms with Gasteiger partial charge in [-0.25, -0.2) is 0 Å². The smallest absolute Gasteiger partial charge is 0.269 e. The summed E-state index contributed by atoms with van der Waals surface area (Å²) in [7, 11) is 0. The number of nitrogen functional groups attached to an aromatic ring is 1. The van der Waals surface area contributed by atoms with E-state index in [0.29, 0.717) is 16.8 Å². The summed E-state index contributed by atoms with van der Waals surface area (Å²) in [5.41, 5.74) is 7.14. The fourth-order valence-electron chi connectivity index (χ4n) is 2.40. The molecule has 0 heterocycles. The Balaban J connectivity index is 0.000000445. The SMILES string of the molecule is CCN(CC)CC.Nc1ccc([N+](=O)[O-])cc1CNC(=O)c1ccccc1. The number of hydrogen-bond donors (Lipinski definition) is 2. The van der Waals surface area contributed by atoms with Crippen LogP contribution in [0, 0.1) is 10.1 Å². The summed E-state index contributed by atoms with van der Waals surface area (Å²) < 4.78 is 0. The number of nitro benzene ring substituents is 1. The van der Waals surface area contributed by atoms with E-state index in [0.717, 1.165) is 0 Å². The lowest BCUT2D eigenvalue weighted by Crippen LogP contribution is -2.23. The second-order valence-corrected chi connectivity index (χ2v) is 5.81. The predicted molar refractivity (Wildman–Crippen MR) is 109 cm³/mol. The molecule has 0 spiro atoms. The molecule has 7 heteroatoms. The van der Waals surface area contributed by atoms with E-state index in [9.17, 15) is 14.9 Å². The van der Waals surface area contributed by atoms with E-state index in [-0.39, 0.29) is 18.1 Å². The molecule has 2 rings (SSSR count). The summed E-state index contributed by atoms with van der Waals surface area (Å²) in [5, 5.41) is 13.4. The molecule has 2 aromatic carbocycles. The van der Waals surface area contributed by atoms with Crippen molar-refractivity contribution in [2.75, 3.05) is 25.4 Å². The molecule has 0 aliphatic carbocycles. The van der Waals surface area contributed by atoms with Crippen LogP contribution in [-0.4, -0.2) is 35.4 Å². The Kier molecular flexibility index (Phi) is 9.53. The molecular weight excluding hydrogens is 344 g/mol. The maximum Gasteiger partial charge on any atom is 0.269 e. The van der Waals surface area contributed by atoms with Gasteiger partial charge in [-0.05, 0) is 37.8 Å². The number of nitrogens with zero attached hydrogens (tertiary/aromatic N) is 2. The third-order valence-electron chi connectivity index (χ3n) is 4.15. The van der Waals surface area contributed by atoms with Crippen molar-refractivity contribution in [2.24, 2.45) is 0 Å². The zero-order valence-electron chi connectivity index (χ0n) is 16.1. The van der Waals surface area contributed by atoms with Crippen molar-refractivity contribution < 1.29 is 9.72 Å². The molecule has 27 heavy (non-hydrogen) atoms. The minimum Gasteiger partial charge on any atom is -0.398 e. The number of amides is 1. The molecule has 3 N–H and O–H groups in total. The van der Waals surface area contributed by atoms with Gasteiger partial charge in [-0.2, -0.15) is 0 Å². The molecule has 0 aliphatic heterocycles. The van der Waals surface area contributed by atoms with E-state index in [2.05, 4.69) is 31.0 Å². The maximum absolute atomic E-state index is 11.9. The second kappa shape index (κ2) is 11.6. The quantitative estimate of drug-likeness (QED) is 0.440. The van der Waals surface area contributed by atoms with Gasteiger partial charge in [0.25, 0.3) is 11.6 Å². The second-order valence-electron chi connectivity index (χ2n) is 5.81. The van der Waals surface area contributed by atoms with E-state index < -0.39 is 4.92 Å². The zero-order chi connectivity index (χ0) is 20.2. The first-order chi connectivity index (χ1) is 12.9. The number of nitrogens with one attached hydrogen (secondary N) is 1. The first-order valence-corrected chi connectivity index (χ1v) is 9.01. The number of nitro groups is 1. The zero-order valence-corrected chi connectivity index (χ0v) is 16.1. The molecule has 0 radical (unpaired) electrons. The van der Waals surface area contributed by atoms with Crippen molar-refractivity contribution in [3.05, 3.63) is 69.8 Å². The first-order valence-electron chi connectivity index (χ1n) is 9.01. The van der Waals surface area contributed by atoms with Crippen LogP contribution in [-0.2, 0) is 6.54 Å². The highest BCUT2D eigenvalue weighted by Crippen LogP contribution is 2.19. The number of nitrogens with two attached hydrogens (primary N) is 1. The third-order valence-corrected chi connectivity index (χ3v) is 4.15. The highest BCUT2D eigenvalue weighted by Gasteiger charge is 2.10. The highest BCUT2D eigenvalue weighted by atomic mass is 16.6. The Morgan fingerprint density at radius 3 is 2.15 bits per heavy atom. The standard InChI is InChI=1S/C14H13N3O3.C6H15N/c15-13-7-6-12(17(19)20)8-11(13)9-16-14(18)10-4-2-1-3-5-10;1-4-7(5-2)6-3/h1-8H,9,15H2,(H,16,18);4-6H2,1-3H3.